The zero-order chi connectivity index (χ0) is 11.6. The molecule has 1 aliphatic heterocycles. The molecule has 0 radical (unpaired) electrons. The van der Waals surface area contributed by atoms with Crippen molar-refractivity contribution in [3.63, 3.8) is 0 Å². The van der Waals surface area contributed by atoms with Crippen molar-refractivity contribution in [2.75, 3.05) is 18.6 Å². The van der Waals surface area contributed by atoms with Gasteiger partial charge in [-0.05, 0) is 31.7 Å². The Morgan fingerprint density at radius 3 is 2.44 bits per heavy atom. The molecule has 3 nitrogen and oxygen atoms in total. The number of sulfone groups is 1. The SMILES string of the molecule is CNC(CC1CCCC1)C1CCS(=O)(=O)C1. The van der Waals surface area contributed by atoms with Gasteiger partial charge in [-0.25, -0.2) is 8.42 Å². The first-order chi connectivity index (χ1) is 7.61. The summed E-state index contributed by atoms with van der Waals surface area (Å²) in [6, 6.07) is 0.417. The van der Waals surface area contributed by atoms with Crippen LogP contribution in [-0.4, -0.2) is 33.0 Å². The van der Waals surface area contributed by atoms with Gasteiger partial charge < -0.3 is 5.32 Å². The zero-order valence-electron chi connectivity index (χ0n) is 10.1. The fourth-order valence-corrected chi connectivity index (χ4v) is 5.17. The largest absolute Gasteiger partial charge is 0.317 e. The number of nitrogens with one attached hydrogen (secondary N) is 1. The Kier molecular flexibility index (Phi) is 3.90. The number of hydrogen-bond donors (Lipinski definition) is 1. The highest BCUT2D eigenvalue weighted by Gasteiger charge is 2.34. The van der Waals surface area contributed by atoms with E-state index in [-0.39, 0.29) is 0 Å². The van der Waals surface area contributed by atoms with E-state index in [0.29, 0.717) is 23.5 Å². The first kappa shape index (κ1) is 12.4. The third kappa shape index (κ3) is 2.98. The lowest BCUT2D eigenvalue weighted by atomic mass is 9.89. The molecule has 1 saturated heterocycles. The van der Waals surface area contributed by atoms with Gasteiger partial charge in [0.1, 0.15) is 0 Å². The quantitative estimate of drug-likeness (QED) is 0.818. The van der Waals surface area contributed by atoms with Crippen LogP contribution < -0.4 is 5.32 Å². The van der Waals surface area contributed by atoms with Crippen LogP contribution in [-0.2, 0) is 9.84 Å². The molecule has 0 aromatic heterocycles. The molecule has 2 unspecified atom stereocenters. The Balaban J connectivity index is 1.89. The van der Waals surface area contributed by atoms with Crippen molar-refractivity contribution < 1.29 is 8.42 Å². The predicted molar refractivity (Wildman–Crippen MR) is 66.2 cm³/mol. The lowest BCUT2D eigenvalue weighted by Gasteiger charge is -2.25. The summed E-state index contributed by atoms with van der Waals surface area (Å²) < 4.78 is 22.9. The van der Waals surface area contributed by atoms with Crippen molar-refractivity contribution in [1.82, 2.24) is 5.32 Å². The maximum Gasteiger partial charge on any atom is 0.150 e. The topological polar surface area (TPSA) is 46.2 Å². The van der Waals surface area contributed by atoms with Crippen molar-refractivity contribution in [2.45, 2.75) is 44.6 Å². The lowest BCUT2D eigenvalue weighted by molar-refractivity contribution is 0.325. The van der Waals surface area contributed by atoms with Gasteiger partial charge in [0.05, 0.1) is 11.5 Å². The predicted octanol–water partition coefficient (Wildman–Crippen LogP) is 1.59. The van der Waals surface area contributed by atoms with Gasteiger partial charge in [0.15, 0.2) is 9.84 Å². The maximum atomic E-state index is 11.5. The zero-order valence-corrected chi connectivity index (χ0v) is 10.9. The van der Waals surface area contributed by atoms with E-state index in [1.165, 1.54) is 32.1 Å². The van der Waals surface area contributed by atoms with Gasteiger partial charge in [0.2, 0.25) is 0 Å². The van der Waals surface area contributed by atoms with E-state index in [9.17, 15) is 8.42 Å². The van der Waals surface area contributed by atoms with E-state index in [0.717, 1.165) is 12.3 Å². The second kappa shape index (κ2) is 5.05. The van der Waals surface area contributed by atoms with Crippen molar-refractivity contribution in [3.8, 4) is 0 Å². The highest BCUT2D eigenvalue weighted by atomic mass is 32.2. The summed E-state index contributed by atoms with van der Waals surface area (Å²) in [5.41, 5.74) is 0. The van der Waals surface area contributed by atoms with Crippen LogP contribution in [0.15, 0.2) is 0 Å². The van der Waals surface area contributed by atoms with Crippen LogP contribution in [0.4, 0.5) is 0 Å². The molecule has 2 rings (SSSR count). The van der Waals surface area contributed by atoms with E-state index in [1.807, 2.05) is 7.05 Å². The Hall–Kier alpha value is -0.0900. The fourth-order valence-electron chi connectivity index (χ4n) is 3.29. The Labute approximate surface area is 98.9 Å². The molecule has 0 spiro atoms. The van der Waals surface area contributed by atoms with Gasteiger partial charge in [-0.3, -0.25) is 0 Å². The molecule has 2 atom stereocenters. The molecule has 94 valence electrons. The number of rotatable bonds is 4. The molecule has 4 heteroatoms. The molecule has 1 aliphatic carbocycles. The van der Waals surface area contributed by atoms with Gasteiger partial charge >= 0.3 is 0 Å². The third-order valence-electron chi connectivity index (χ3n) is 4.27. The van der Waals surface area contributed by atoms with E-state index in [2.05, 4.69) is 5.32 Å². The van der Waals surface area contributed by atoms with Crippen molar-refractivity contribution >= 4 is 9.84 Å². The van der Waals surface area contributed by atoms with Crippen LogP contribution in [0.5, 0.6) is 0 Å². The van der Waals surface area contributed by atoms with E-state index < -0.39 is 9.84 Å². The van der Waals surface area contributed by atoms with E-state index >= 15 is 0 Å². The number of hydrogen-bond acceptors (Lipinski definition) is 3. The summed E-state index contributed by atoms with van der Waals surface area (Å²) in [5, 5.41) is 3.34. The van der Waals surface area contributed by atoms with Crippen LogP contribution >= 0.6 is 0 Å². The lowest BCUT2D eigenvalue weighted by Crippen LogP contribution is -2.35. The van der Waals surface area contributed by atoms with Gasteiger partial charge in [-0.2, -0.15) is 0 Å². The normalized spacial score (nSPS) is 31.9. The minimum atomic E-state index is -2.72. The van der Waals surface area contributed by atoms with Gasteiger partial charge in [-0.15, -0.1) is 0 Å². The summed E-state index contributed by atoms with van der Waals surface area (Å²) in [7, 11) is -0.747. The molecule has 2 aliphatic rings. The minimum Gasteiger partial charge on any atom is -0.317 e. The summed E-state index contributed by atoms with van der Waals surface area (Å²) in [4.78, 5) is 0. The highest BCUT2D eigenvalue weighted by molar-refractivity contribution is 7.91. The maximum absolute atomic E-state index is 11.5. The van der Waals surface area contributed by atoms with Crippen LogP contribution in [0.3, 0.4) is 0 Å². The van der Waals surface area contributed by atoms with Gasteiger partial charge in [0, 0.05) is 6.04 Å². The van der Waals surface area contributed by atoms with Crippen LogP contribution in [0, 0.1) is 11.8 Å². The second-order valence-electron chi connectivity index (χ2n) is 5.44. The molecule has 16 heavy (non-hydrogen) atoms. The molecule has 0 amide bonds. The summed E-state index contributed by atoms with van der Waals surface area (Å²) in [5.74, 6) is 2.00. The van der Waals surface area contributed by atoms with Gasteiger partial charge in [0.25, 0.3) is 0 Å². The van der Waals surface area contributed by atoms with Crippen molar-refractivity contribution in [3.05, 3.63) is 0 Å². The average Bonchev–Trinajstić information content (AvgIpc) is 2.83. The van der Waals surface area contributed by atoms with E-state index in [1.54, 1.807) is 0 Å². The summed E-state index contributed by atoms with van der Waals surface area (Å²) in [6.07, 6.45) is 7.46. The first-order valence-electron chi connectivity index (χ1n) is 6.48. The Morgan fingerprint density at radius 2 is 1.94 bits per heavy atom. The molecule has 0 bridgehead atoms. The molecule has 1 heterocycles. The monoisotopic (exact) mass is 245 g/mol. The highest BCUT2D eigenvalue weighted by Crippen LogP contribution is 2.32. The molecule has 0 aromatic rings. The molecule has 2 fully saturated rings. The van der Waals surface area contributed by atoms with Crippen LogP contribution in [0.1, 0.15) is 38.5 Å². The van der Waals surface area contributed by atoms with Crippen molar-refractivity contribution in [2.24, 2.45) is 11.8 Å². The Morgan fingerprint density at radius 1 is 1.25 bits per heavy atom. The Bertz CT molecular complexity index is 320. The van der Waals surface area contributed by atoms with Crippen molar-refractivity contribution in [1.29, 1.82) is 0 Å². The standard InChI is InChI=1S/C12H23NO2S/c1-13-12(8-10-4-2-3-5-10)11-6-7-16(14,15)9-11/h10-13H,2-9H2,1H3. The van der Waals surface area contributed by atoms with E-state index in [4.69, 9.17) is 0 Å². The molecule has 1 saturated carbocycles. The summed E-state index contributed by atoms with van der Waals surface area (Å²) in [6.45, 7) is 0. The fraction of sp³-hybridized carbons (Fsp3) is 1.00. The molecule has 0 aromatic carbocycles. The first-order valence-corrected chi connectivity index (χ1v) is 8.30. The average molecular weight is 245 g/mol. The third-order valence-corrected chi connectivity index (χ3v) is 6.06. The smallest absolute Gasteiger partial charge is 0.150 e. The molecular formula is C12H23NO2S. The minimum absolute atomic E-state index is 0.357. The second-order valence-corrected chi connectivity index (χ2v) is 7.67. The van der Waals surface area contributed by atoms with Crippen LogP contribution in [0.25, 0.3) is 0 Å². The van der Waals surface area contributed by atoms with Crippen LogP contribution in [0.2, 0.25) is 0 Å². The molecular weight excluding hydrogens is 222 g/mol. The molecule has 1 N–H and O–H groups in total. The summed E-state index contributed by atoms with van der Waals surface area (Å²) >= 11 is 0. The van der Waals surface area contributed by atoms with Gasteiger partial charge in [-0.1, -0.05) is 25.7 Å².